The average molecular weight is 238 g/mol. The molecule has 0 unspecified atom stereocenters. The van der Waals surface area contributed by atoms with E-state index in [0.29, 0.717) is 5.92 Å². The first-order valence-corrected chi connectivity index (χ1v) is 7.83. The molecule has 0 N–H and O–H groups in total. The number of unbranched alkanes of at least 4 members (excludes halogenated alkanes) is 9. The van der Waals surface area contributed by atoms with Gasteiger partial charge in [0.15, 0.2) is 0 Å². The lowest BCUT2D eigenvalue weighted by molar-refractivity contribution is -0.109. The van der Waals surface area contributed by atoms with Gasteiger partial charge in [0.05, 0.1) is 0 Å². The summed E-state index contributed by atoms with van der Waals surface area (Å²) in [6.07, 6.45) is 17.7. The van der Waals surface area contributed by atoms with Crippen LogP contribution in [0.2, 0.25) is 0 Å². The third-order valence-electron chi connectivity index (χ3n) is 4.08. The summed E-state index contributed by atoms with van der Waals surface area (Å²) in [7, 11) is 0. The zero-order valence-electron chi connectivity index (χ0n) is 11.6. The average Bonchev–Trinajstić information content (AvgIpc) is 3.10. The largest absolute Gasteiger partial charge is 0.303 e. The van der Waals surface area contributed by atoms with Crippen LogP contribution < -0.4 is 0 Å². The Morgan fingerprint density at radius 2 is 1.41 bits per heavy atom. The highest BCUT2D eigenvalue weighted by atomic mass is 16.1. The highest BCUT2D eigenvalue weighted by Gasteiger charge is 2.35. The molecule has 100 valence electrons. The van der Waals surface area contributed by atoms with Crippen molar-refractivity contribution in [1.82, 2.24) is 0 Å². The first kappa shape index (κ1) is 14.7. The number of hydrogen-bond acceptors (Lipinski definition) is 1. The van der Waals surface area contributed by atoms with Crippen molar-refractivity contribution in [3.8, 4) is 0 Å². The van der Waals surface area contributed by atoms with Gasteiger partial charge in [-0.3, -0.25) is 0 Å². The summed E-state index contributed by atoms with van der Waals surface area (Å²) in [4.78, 5) is 10.5. The zero-order valence-corrected chi connectivity index (χ0v) is 11.6. The van der Waals surface area contributed by atoms with Crippen LogP contribution in [0.25, 0.3) is 0 Å². The van der Waals surface area contributed by atoms with Crippen LogP contribution in [-0.2, 0) is 4.79 Å². The van der Waals surface area contributed by atoms with Gasteiger partial charge in [-0.2, -0.15) is 0 Å². The van der Waals surface area contributed by atoms with Crippen molar-refractivity contribution < 1.29 is 4.79 Å². The molecule has 0 aliphatic heterocycles. The van der Waals surface area contributed by atoms with E-state index in [4.69, 9.17) is 0 Å². The third kappa shape index (κ3) is 7.57. The molecule has 1 fully saturated rings. The van der Waals surface area contributed by atoms with E-state index in [9.17, 15) is 4.79 Å². The van der Waals surface area contributed by atoms with Gasteiger partial charge in [-0.15, -0.1) is 0 Å². The molecular formula is C16H30O. The predicted octanol–water partition coefficient (Wildman–Crippen LogP) is 5.13. The van der Waals surface area contributed by atoms with Gasteiger partial charge in [0.25, 0.3) is 0 Å². The molecule has 0 bridgehead atoms. The molecule has 17 heavy (non-hydrogen) atoms. The summed E-state index contributed by atoms with van der Waals surface area (Å²) in [5.74, 6) is 1.20. The van der Waals surface area contributed by atoms with Crippen LogP contribution in [0.4, 0.5) is 0 Å². The number of carbonyl (C=O) groups is 1. The molecule has 0 radical (unpaired) electrons. The van der Waals surface area contributed by atoms with E-state index in [1.54, 1.807) is 0 Å². The van der Waals surface area contributed by atoms with Gasteiger partial charge in [-0.05, 0) is 18.8 Å². The first-order valence-electron chi connectivity index (χ1n) is 7.83. The van der Waals surface area contributed by atoms with Gasteiger partial charge >= 0.3 is 0 Å². The summed E-state index contributed by atoms with van der Waals surface area (Å²) in [5, 5.41) is 0. The summed E-state index contributed by atoms with van der Waals surface area (Å²) >= 11 is 0. The summed E-state index contributed by atoms with van der Waals surface area (Å²) in [5.41, 5.74) is 0. The maximum Gasteiger partial charge on any atom is 0.123 e. The Balaban J connectivity index is 1.69. The molecule has 2 atom stereocenters. The number of hydrogen-bond donors (Lipinski definition) is 0. The van der Waals surface area contributed by atoms with Crippen molar-refractivity contribution in [3.05, 3.63) is 0 Å². The van der Waals surface area contributed by atoms with E-state index in [2.05, 4.69) is 6.92 Å². The van der Waals surface area contributed by atoms with Gasteiger partial charge in [-0.1, -0.05) is 71.1 Å². The van der Waals surface area contributed by atoms with Crippen LogP contribution in [-0.4, -0.2) is 6.29 Å². The Bertz CT molecular complexity index is 188. The van der Waals surface area contributed by atoms with E-state index >= 15 is 0 Å². The highest BCUT2D eigenvalue weighted by molar-refractivity contribution is 5.58. The lowest BCUT2D eigenvalue weighted by Gasteiger charge is -2.02. The molecule has 0 spiro atoms. The monoisotopic (exact) mass is 238 g/mol. The molecule has 1 heteroatoms. The van der Waals surface area contributed by atoms with Crippen LogP contribution >= 0.6 is 0 Å². The van der Waals surface area contributed by atoms with E-state index in [1.807, 2.05) is 0 Å². The molecule has 1 nitrogen and oxygen atoms in total. The Morgan fingerprint density at radius 3 is 1.88 bits per heavy atom. The maximum atomic E-state index is 10.5. The molecule has 0 aromatic heterocycles. The minimum absolute atomic E-state index is 0.438. The molecule has 0 aromatic carbocycles. The van der Waals surface area contributed by atoms with Crippen molar-refractivity contribution in [2.24, 2.45) is 11.8 Å². The van der Waals surface area contributed by atoms with Gasteiger partial charge in [0.2, 0.25) is 0 Å². The van der Waals surface area contributed by atoms with Crippen molar-refractivity contribution in [1.29, 1.82) is 0 Å². The van der Waals surface area contributed by atoms with Crippen LogP contribution in [0.1, 0.15) is 84.0 Å². The normalized spacial score (nSPS) is 22.6. The molecule has 1 aliphatic rings. The van der Waals surface area contributed by atoms with Crippen molar-refractivity contribution in [2.45, 2.75) is 84.0 Å². The third-order valence-corrected chi connectivity index (χ3v) is 4.08. The fourth-order valence-corrected chi connectivity index (χ4v) is 2.66. The molecule has 0 amide bonds. The Labute approximate surface area is 107 Å². The summed E-state index contributed by atoms with van der Waals surface area (Å²) in [6.45, 7) is 2.27. The Kier molecular flexibility index (Phi) is 8.38. The van der Waals surface area contributed by atoms with Gasteiger partial charge in [0.1, 0.15) is 6.29 Å². The first-order chi connectivity index (χ1) is 8.38. The number of aldehydes is 1. The van der Waals surface area contributed by atoms with Crippen LogP contribution in [0.3, 0.4) is 0 Å². The fourth-order valence-electron chi connectivity index (χ4n) is 2.66. The smallest absolute Gasteiger partial charge is 0.123 e. The standard InChI is InChI=1S/C16H30O/c1-2-3-4-5-6-7-8-9-10-11-12-15-13-16(15)14-17/h14-16H,2-13H2,1H3/t15-,16+/m1/s1. The van der Waals surface area contributed by atoms with Crippen molar-refractivity contribution in [3.63, 3.8) is 0 Å². The van der Waals surface area contributed by atoms with Crippen LogP contribution in [0.5, 0.6) is 0 Å². The molecule has 1 saturated carbocycles. The van der Waals surface area contributed by atoms with Gasteiger partial charge < -0.3 is 4.79 Å². The summed E-state index contributed by atoms with van der Waals surface area (Å²) < 4.78 is 0. The minimum atomic E-state index is 0.438. The minimum Gasteiger partial charge on any atom is -0.303 e. The SMILES string of the molecule is CCCCCCCCCCCC[C@@H]1C[C@H]1C=O. The number of rotatable bonds is 12. The maximum absolute atomic E-state index is 10.5. The van der Waals surface area contributed by atoms with E-state index in [0.717, 1.165) is 12.2 Å². The van der Waals surface area contributed by atoms with E-state index in [1.165, 1.54) is 77.0 Å². The van der Waals surface area contributed by atoms with Crippen LogP contribution in [0.15, 0.2) is 0 Å². The fraction of sp³-hybridized carbons (Fsp3) is 0.938. The zero-order chi connectivity index (χ0) is 12.3. The second-order valence-corrected chi connectivity index (χ2v) is 5.77. The van der Waals surface area contributed by atoms with Crippen molar-refractivity contribution >= 4 is 6.29 Å². The molecule has 0 aromatic rings. The van der Waals surface area contributed by atoms with E-state index < -0.39 is 0 Å². The van der Waals surface area contributed by atoms with Crippen molar-refractivity contribution in [2.75, 3.05) is 0 Å². The van der Waals surface area contributed by atoms with Gasteiger partial charge in [-0.25, -0.2) is 0 Å². The Hall–Kier alpha value is -0.330. The second-order valence-electron chi connectivity index (χ2n) is 5.77. The molecule has 1 aliphatic carbocycles. The summed E-state index contributed by atoms with van der Waals surface area (Å²) in [6, 6.07) is 0. The molecule has 0 saturated heterocycles. The predicted molar refractivity (Wildman–Crippen MR) is 74.1 cm³/mol. The van der Waals surface area contributed by atoms with E-state index in [-0.39, 0.29) is 0 Å². The lowest BCUT2D eigenvalue weighted by Crippen LogP contribution is -1.86. The molecule has 1 rings (SSSR count). The molecular weight excluding hydrogens is 208 g/mol. The van der Waals surface area contributed by atoms with Gasteiger partial charge in [0, 0.05) is 5.92 Å². The highest BCUT2D eigenvalue weighted by Crippen LogP contribution is 2.40. The topological polar surface area (TPSA) is 17.1 Å². The Morgan fingerprint density at radius 1 is 0.882 bits per heavy atom. The van der Waals surface area contributed by atoms with Crippen LogP contribution in [0, 0.1) is 11.8 Å². The molecule has 0 heterocycles. The lowest BCUT2D eigenvalue weighted by atomic mass is 10.0. The quantitative estimate of drug-likeness (QED) is 0.340. The number of carbonyl (C=O) groups excluding carboxylic acids is 1. The second kappa shape index (κ2) is 9.67.